The van der Waals surface area contributed by atoms with Gasteiger partial charge in [0.25, 0.3) is 6.47 Å². The van der Waals surface area contributed by atoms with Crippen molar-refractivity contribution in [2.24, 2.45) is 45.9 Å². The Morgan fingerprint density at radius 3 is 2.11 bits per heavy atom. The summed E-state index contributed by atoms with van der Waals surface area (Å²) in [7, 11) is 0. The zero-order valence-electron chi connectivity index (χ0n) is 47.1. The molecule has 12 N–H and O–H groups in total. The van der Waals surface area contributed by atoms with Crippen LogP contribution >= 0.6 is 0 Å². The van der Waals surface area contributed by atoms with Crippen molar-refractivity contribution in [3.63, 3.8) is 0 Å². The van der Waals surface area contributed by atoms with Gasteiger partial charge in [0.05, 0.1) is 36.5 Å². The van der Waals surface area contributed by atoms with Crippen LogP contribution in [-0.4, -0.2) is 116 Å². The van der Waals surface area contributed by atoms with Crippen LogP contribution in [0.5, 0.6) is 11.5 Å². The lowest BCUT2D eigenvalue weighted by Crippen LogP contribution is -2.49. The molecule has 3 aromatic rings. The molecule has 1 aliphatic heterocycles. The second-order valence-electron chi connectivity index (χ2n) is 21.0. The largest absolute Gasteiger partial charge is 0.508 e. The highest BCUT2D eigenvalue weighted by molar-refractivity contribution is 6.06. The third-order valence-electron chi connectivity index (χ3n) is 14.3. The number of H-pyrrole nitrogens is 1. The van der Waals surface area contributed by atoms with E-state index < -0.39 is 95.3 Å². The van der Waals surface area contributed by atoms with Crippen LogP contribution in [0.1, 0.15) is 121 Å². The predicted octanol–water partition coefficient (Wildman–Crippen LogP) is 3.66. The SMILES string of the molecule is CC(=O)C[C@H](CCCCCC(=O)c1ccc(OC=O)c(-c2c3ccc(=O)cc-3oc3cc(O)ccc23)c1)C(=O)N[C@H](C)C(=O)C[C@H](C)C(=O)N[C@H](C)C(=O)C[C@@H](C(=O)N[C@H](Cc1cnc[nH]1)C(=O)C[C@H](CCCN=C(N)N)C(N)=O)[C@H](C)O. The minimum absolute atomic E-state index is 0.0719. The number of benzene rings is 3. The smallest absolute Gasteiger partial charge is 0.298 e. The number of carbonyl (C=O) groups excluding carboxylic acids is 10. The van der Waals surface area contributed by atoms with Gasteiger partial charge in [0.15, 0.2) is 34.5 Å². The van der Waals surface area contributed by atoms with Gasteiger partial charge in [-0.05, 0) is 95.8 Å². The Kier molecular flexibility index (Phi) is 24.1. The van der Waals surface area contributed by atoms with Crippen molar-refractivity contribution in [2.45, 2.75) is 136 Å². The first kappa shape index (κ1) is 64.9. The molecule has 5 rings (SSSR count). The molecular weight excluding hydrogens is 1070 g/mol. The molecule has 444 valence electrons. The van der Waals surface area contributed by atoms with Crippen molar-refractivity contribution >= 4 is 75.9 Å². The lowest BCUT2D eigenvalue weighted by Gasteiger charge is -2.25. The number of Topliss-reactive ketones (excluding diaryl/α,β-unsaturated/α-hetero) is 5. The lowest BCUT2D eigenvalue weighted by molar-refractivity contribution is -0.137. The number of nitrogens with zero attached hydrogens (tertiary/aromatic N) is 2. The number of amides is 4. The number of ether oxygens (including phenoxy) is 1. The number of fused-ring (bicyclic) bond motifs is 2. The number of nitrogens with one attached hydrogen (secondary N) is 4. The van der Waals surface area contributed by atoms with Crippen molar-refractivity contribution in [2.75, 3.05) is 6.54 Å². The first-order chi connectivity index (χ1) is 39.4. The monoisotopic (exact) mass is 1150 g/mol. The number of nitrogens with two attached hydrogens (primary N) is 3. The number of hydrogen-bond acceptors (Lipinski definition) is 17. The summed E-state index contributed by atoms with van der Waals surface area (Å²) in [5, 5.41) is 29.2. The summed E-state index contributed by atoms with van der Waals surface area (Å²) in [4.78, 5) is 154. The van der Waals surface area contributed by atoms with Gasteiger partial charge in [0, 0.05) is 114 Å². The molecule has 0 radical (unpaired) electrons. The predicted molar refractivity (Wildman–Crippen MR) is 304 cm³/mol. The Hall–Kier alpha value is -8.93. The Balaban J connectivity index is 1.12. The number of phenols is 1. The summed E-state index contributed by atoms with van der Waals surface area (Å²) in [6, 6.07) is 9.77. The fourth-order valence-corrected chi connectivity index (χ4v) is 9.58. The molecule has 0 saturated carbocycles. The average molecular weight is 1150 g/mol. The molecule has 24 heteroatoms. The van der Waals surface area contributed by atoms with E-state index in [1.54, 1.807) is 18.2 Å². The van der Waals surface area contributed by atoms with Crippen LogP contribution in [0.3, 0.4) is 0 Å². The Morgan fingerprint density at radius 1 is 0.759 bits per heavy atom. The number of aromatic hydroxyl groups is 1. The molecule has 4 amide bonds. The molecule has 0 bridgehead atoms. The Morgan fingerprint density at radius 2 is 1.46 bits per heavy atom. The highest BCUT2D eigenvalue weighted by atomic mass is 16.5. The second kappa shape index (κ2) is 30.8. The maximum Gasteiger partial charge on any atom is 0.298 e. The highest BCUT2D eigenvalue weighted by Gasteiger charge is 2.34. The van der Waals surface area contributed by atoms with Crippen LogP contribution in [0.4, 0.5) is 0 Å². The number of ketones is 5. The first-order valence-corrected chi connectivity index (χ1v) is 27.3. The highest BCUT2D eigenvalue weighted by Crippen LogP contribution is 2.44. The summed E-state index contributed by atoms with van der Waals surface area (Å²) in [6.07, 6.45) is 2.24. The maximum absolute atomic E-state index is 13.7. The molecule has 2 heterocycles. The van der Waals surface area contributed by atoms with Crippen LogP contribution in [-0.2, 0) is 49.6 Å². The molecule has 24 nitrogen and oxygen atoms in total. The van der Waals surface area contributed by atoms with E-state index in [-0.39, 0.29) is 104 Å². The zero-order chi connectivity index (χ0) is 61.1. The third kappa shape index (κ3) is 19.1. The zero-order valence-corrected chi connectivity index (χ0v) is 47.1. The van der Waals surface area contributed by atoms with E-state index in [1.807, 2.05) is 0 Å². The summed E-state index contributed by atoms with van der Waals surface area (Å²) in [5.41, 5.74) is 18.4. The van der Waals surface area contributed by atoms with E-state index in [9.17, 15) is 63.0 Å². The molecular formula is C59H73N9O15. The van der Waals surface area contributed by atoms with Gasteiger partial charge < -0.3 is 62.3 Å². The van der Waals surface area contributed by atoms with E-state index in [2.05, 4.69) is 30.9 Å². The Bertz CT molecular complexity index is 3220. The van der Waals surface area contributed by atoms with E-state index in [4.69, 9.17) is 26.4 Å². The van der Waals surface area contributed by atoms with Crippen LogP contribution < -0.4 is 43.3 Å². The first-order valence-electron chi connectivity index (χ1n) is 27.3. The number of aliphatic imine (C=N–C) groups is 1. The molecule has 0 saturated heterocycles. The molecule has 0 fully saturated rings. The van der Waals surface area contributed by atoms with E-state index in [1.165, 1.54) is 83.5 Å². The summed E-state index contributed by atoms with van der Waals surface area (Å²) >= 11 is 0. The van der Waals surface area contributed by atoms with Gasteiger partial charge in [-0.3, -0.25) is 52.9 Å². The minimum Gasteiger partial charge on any atom is -0.508 e. The Labute approximate surface area is 478 Å². The molecule has 83 heavy (non-hydrogen) atoms. The number of phenolic OH excluding ortho intramolecular Hbond substituents is 1. The number of primary amides is 1. The third-order valence-corrected chi connectivity index (χ3v) is 14.3. The van der Waals surface area contributed by atoms with Gasteiger partial charge in [-0.2, -0.15) is 0 Å². The number of aliphatic hydroxyl groups excluding tert-OH is 1. The lowest BCUT2D eigenvalue weighted by atomic mass is 9.90. The average Bonchev–Trinajstić information content (AvgIpc) is 2.77. The number of imidazole rings is 1. The molecule has 0 spiro atoms. The van der Waals surface area contributed by atoms with E-state index in [0.717, 1.165) is 0 Å². The van der Waals surface area contributed by atoms with Gasteiger partial charge in [-0.1, -0.05) is 19.8 Å². The number of aromatic nitrogens is 2. The van der Waals surface area contributed by atoms with Crippen molar-refractivity contribution in [1.82, 2.24) is 25.9 Å². The van der Waals surface area contributed by atoms with Crippen molar-refractivity contribution < 1.29 is 67.3 Å². The van der Waals surface area contributed by atoms with Crippen LogP contribution in [0, 0.1) is 23.7 Å². The van der Waals surface area contributed by atoms with Crippen LogP contribution in [0.15, 0.2) is 81.3 Å². The fraction of sp³-hybridized carbons (Fsp3) is 0.441. The van der Waals surface area contributed by atoms with Gasteiger partial charge in [0.2, 0.25) is 23.6 Å². The summed E-state index contributed by atoms with van der Waals surface area (Å²) in [5.74, 6) is -8.97. The molecule has 1 aliphatic carbocycles. The normalized spacial score (nSPS) is 14.1. The number of guanidine groups is 1. The van der Waals surface area contributed by atoms with E-state index in [0.29, 0.717) is 59.0 Å². The molecule has 2 aliphatic rings. The second-order valence-corrected chi connectivity index (χ2v) is 21.0. The van der Waals surface area contributed by atoms with Crippen LogP contribution in [0.25, 0.3) is 33.4 Å². The quantitative estimate of drug-likeness (QED) is 0.00698. The number of hydrogen-bond donors (Lipinski definition) is 9. The minimum atomic E-state index is -1.39. The van der Waals surface area contributed by atoms with Gasteiger partial charge in [0.1, 0.15) is 28.6 Å². The van der Waals surface area contributed by atoms with Crippen molar-refractivity contribution in [3.05, 3.63) is 88.6 Å². The molecule has 8 atom stereocenters. The van der Waals surface area contributed by atoms with Gasteiger partial charge >= 0.3 is 0 Å². The fourth-order valence-electron chi connectivity index (χ4n) is 9.58. The molecule has 2 aromatic carbocycles. The number of aromatic amines is 1. The van der Waals surface area contributed by atoms with Crippen LogP contribution in [0.2, 0.25) is 0 Å². The maximum atomic E-state index is 13.7. The molecule has 1 aromatic heterocycles. The van der Waals surface area contributed by atoms with Crippen molar-refractivity contribution in [3.8, 4) is 33.9 Å². The summed E-state index contributed by atoms with van der Waals surface area (Å²) < 4.78 is 11.3. The number of carbonyl (C=O) groups is 10. The van der Waals surface area contributed by atoms with E-state index >= 15 is 0 Å². The topological polar surface area (TPSA) is 406 Å². The number of aliphatic hydroxyl groups is 1. The standard InChI is InChI=1S/C59H73N9O15/c1-31(56(79)66-34(4)49(76)27-44(35(5)71)58(81)68-46(24-39-28-63-29-65-39)50(77)23-37(55(60)78)11-9-19-64-59(61)62)20-48(75)33(3)67-57(80)38(21-32(2)70)10-7-6-8-12-47(74)36-13-18-51(82-30-69)45(22-36)54-42-16-14-40(72)25-52(42)83-53-26-41(73)15-17-43(53)54/h13-18,22,25-26,28-31,33-35,37-38,44,46,71-72H,6-12,19-21,23-24,27H2,1-5H3,(H2,60,78)(H,63,65)(H,66,79)(H,67,80)(H,68,81)(H4,61,62,64)/t31-,33+,34+,35-,37-,38-,44+,46+/m0/s1. The number of rotatable bonds is 35. The number of unbranched alkanes of at least 4 members (excludes halogenated alkanes) is 2. The van der Waals surface area contributed by atoms with Gasteiger partial charge in [-0.15, -0.1) is 0 Å². The molecule has 0 unspecified atom stereocenters. The van der Waals surface area contributed by atoms with Crippen molar-refractivity contribution in [1.29, 1.82) is 0 Å². The van der Waals surface area contributed by atoms with Gasteiger partial charge in [-0.25, -0.2) is 4.98 Å². The summed E-state index contributed by atoms with van der Waals surface area (Å²) in [6.45, 7) is 7.35.